The van der Waals surface area contributed by atoms with Crippen LogP contribution in [-0.2, 0) is 6.54 Å². The van der Waals surface area contributed by atoms with E-state index >= 15 is 0 Å². The SMILES string of the molecule is CCCn1ncc(Cl)c1C(O)c1coc(C)c1. The highest BCUT2D eigenvalue weighted by Crippen LogP contribution is 2.29. The van der Waals surface area contributed by atoms with Gasteiger partial charge in [0.15, 0.2) is 0 Å². The Kier molecular flexibility index (Phi) is 3.54. The summed E-state index contributed by atoms with van der Waals surface area (Å²) in [5, 5.41) is 14.9. The molecule has 92 valence electrons. The van der Waals surface area contributed by atoms with Gasteiger partial charge in [0.1, 0.15) is 11.9 Å². The van der Waals surface area contributed by atoms with Gasteiger partial charge in [0, 0.05) is 12.1 Å². The summed E-state index contributed by atoms with van der Waals surface area (Å²) in [5.74, 6) is 0.761. The largest absolute Gasteiger partial charge is 0.469 e. The van der Waals surface area contributed by atoms with E-state index in [-0.39, 0.29) is 0 Å². The molecule has 4 nitrogen and oxygen atoms in total. The molecule has 2 aromatic rings. The standard InChI is InChI=1S/C12H15ClN2O2/c1-3-4-15-11(10(13)6-14-15)12(16)9-5-8(2)17-7-9/h5-7,12,16H,3-4H2,1-2H3. The Labute approximate surface area is 105 Å². The Bertz CT molecular complexity index is 504. The minimum atomic E-state index is -0.797. The van der Waals surface area contributed by atoms with Crippen LogP contribution in [0, 0.1) is 6.92 Å². The van der Waals surface area contributed by atoms with Crippen molar-refractivity contribution in [1.82, 2.24) is 9.78 Å². The lowest BCUT2D eigenvalue weighted by atomic mass is 10.1. The van der Waals surface area contributed by atoms with Crippen LogP contribution in [0.3, 0.4) is 0 Å². The van der Waals surface area contributed by atoms with E-state index < -0.39 is 6.10 Å². The molecule has 1 atom stereocenters. The van der Waals surface area contributed by atoms with E-state index in [1.165, 1.54) is 0 Å². The molecule has 2 heterocycles. The summed E-state index contributed by atoms with van der Waals surface area (Å²) in [6, 6.07) is 1.80. The van der Waals surface area contributed by atoms with Gasteiger partial charge in [-0.25, -0.2) is 0 Å². The van der Waals surface area contributed by atoms with E-state index in [4.69, 9.17) is 16.0 Å². The van der Waals surface area contributed by atoms with Gasteiger partial charge in [0.05, 0.1) is 23.2 Å². The highest BCUT2D eigenvalue weighted by atomic mass is 35.5. The van der Waals surface area contributed by atoms with Gasteiger partial charge in [-0.2, -0.15) is 5.10 Å². The van der Waals surface area contributed by atoms with E-state index in [1.54, 1.807) is 23.2 Å². The van der Waals surface area contributed by atoms with Gasteiger partial charge in [0.2, 0.25) is 0 Å². The van der Waals surface area contributed by atoms with Crippen LogP contribution >= 0.6 is 11.6 Å². The molecule has 2 rings (SSSR count). The van der Waals surface area contributed by atoms with Crippen LogP contribution in [0.5, 0.6) is 0 Å². The molecule has 0 fully saturated rings. The van der Waals surface area contributed by atoms with Crippen molar-refractivity contribution in [1.29, 1.82) is 0 Å². The smallest absolute Gasteiger partial charge is 0.125 e. The molecule has 0 saturated carbocycles. The predicted octanol–water partition coefficient (Wildman–Crippen LogP) is 2.93. The van der Waals surface area contributed by atoms with Crippen molar-refractivity contribution in [2.24, 2.45) is 0 Å². The van der Waals surface area contributed by atoms with Gasteiger partial charge in [0.25, 0.3) is 0 Å². The molecule has 5 heteroatoms. The third-order valence-electron chi connectivity index (χ3n) is 2.59. The van der Waals surface area contributed by atoms with E-state index in [2.05, 4.69) is 5.10 Å². The normalized spacial score (nSPS) is 12.9. The zero-order chi connectivity index (χ0) is 12.4. The molecule has 0 aromatic carbocycles. The Hall–Kier alpha value is -1.26. The van der Waals surface area contributed by atoms with Crippen LogP contribution in [0.25, 0.3) is 0 Å². The van der Waals surface area contributed by atoms with Crippen molar-refractivity contribution in [2.45, 2.75) is 32.9 Å². The van der Waals surface area contributed by atoms with Crippen molar-refractivity contribution in [3.05, 3.63) is 40.6 Å². The zero-order valence-electron chi connectivity index (χ0n) is 9.85. The second kappa shape index (κ2) is 4.94. The van der Waals surface area contributed by atoms with Gasteiger partial charge >= 0.3 is 0 Å². The summed E-state index contributed by atoms with van der Waals surface area (Å²) in [7, 11) is 0. The maximum absolute atomic E-state index is 10.3. The average molecular weight is 255 g/mol. The van der Waals surface area contributed by atoms with Crippen molar-refractivity contribution in [3.8, 4) is 0 Å². The highest BCUT2D eigenvalue weighted by molar-refractivity contribution is 6.31. The number of aliphatic hydroxyl groups excluding tert-OH is 1. The van der Waals surface area contributed by atoms with Crippen molar-refractivity contribution in [2.75, 3.05) is 0 Å². The van der Waals surface area contributed by atoms with Crippen molar-refractivity contribution in [3.63, 3.8) is 0 Å². The molecular formula is C12H15ClN2O2. The van der Waals surface area contributed by atoms with Crippen LogP contribution < -0.4 is 0 Å². The van der Waals surface area contributed by atoms with Crippen LogP contribution in [0.1, 0.15) is 36.5 Å². The molecule has 17 heavy (non-hydrogen) atoms. The molecule has 0 amide bonds. The maximum atomic E-state index is 10.3. The zero-order valence-corrected chi connectivity index (χ0v) is 10.6. The summed E-state index contributed by atoms with van der Waals surface area (Å²) in [5.41, 5.74) is 1.32. The molecule has 0 aliphatic carbocycles. The summed E-state index contributed by atoms with van der Waals surface area (Å²) >= 11 is 6.06. The average Bonchev–Trinajstić information content (AvgIpc) is 2.86. The fraction of sp³-hybridized carbons (Fsp3) is 0.417. The number of aryl methyl sites for hydroxylation is 2. The minimum Gasteiger partial charge on any atom is -0.469 e. The van der Waals surface area contributed by atoms with Gasteiger partial charge in [-0.1, -0.05) is 18.5 Å². The maximum Gasteiger partial charge on any atom is 0.125 e. The topological polar surface area (TPSA) is 51.2 Å². The Morgan fingerprint density at radius 2 is 2.35 bits per heavy atom. The van der Waals surface area contributed by atoms with Crippen LogP contribution in [0.15, 0.2) is 22.9 Å². The van der Waals surface area contributed by atoms with E-state index in [0.717, 1.165) is 18.7 Å². The van der Waals surface area contributed by atoms with Gasteiger partial charge < -0.3 is 9.52 Å². The summed E-state index contributed by atoms with van der Waals surface area (Å²) < 4.78 is 6.92. The molecule has 0 aliphatic rings. The third kappa shape index (κ3) is 2.37. The molecular weight excluding hydrogens is 240 g/mol. The van der Waals surface area contributed by atoms with Crippen LogP contribution in [0.2, 0.25) is 5.02 Å². The predicted molar refractivity (Wildman–Crippen MR) is 65.0 cm³/mol. The Morgan fingerprint density at radius 1 is 1.59 bits per heavy atom. The summed E-state index contributed by atoms with van der Waals surface area (Å²) in [6.45, 7) is 4.62. The number of furan rings is 1. The number of rotatable bonds is 4. The molecule has 2 aromatic heterocycles. The molecule has 0 bridgehead atoms. The van der Waals surface area contributed by atoms with Gasteiger partial charge in [-0.3, -0.25) is 4.68 Å². The Morgan fingerprint density at radius 3 is 2.94 bits per heavy atom. The van der Waals surface area contributed by atoms with E-state index in [0.29, 0.717) is 16.3 Å². The lowest BCUT2D eigenvalue weighted by molar-refractivity contribution is 0.206. The minimum absolute atomic E-state index is 0.477. The second-order valence-electron chi connectivity index (χ2n) is 3.99. The number of nitrogens with zero attached hydrogens (tertiary/aromatic N) is 2. The van der Waals surface area contributed by atoms with Gasteiger partial charge in [-0.15, -0.1) is 0 Å². The summed E-state index contributed by atoms with van der Waals surface area (Å²) in [6.07, 6.45) is 3.23. The quantitative estimate of drug-likeness (QED) is 0.913. The first-order valence-corrected chi connectivity index (χ1v) is 5.95. The highest BCUT2D eigenvalue weighted by Gasteiger charge is 2.20. The fourth-order valence-corrected chi connectivity index (χ4v) is 2.04. The Balaban J connectivity index is 2.35. The molecule has 1 unspecified atom stereocenters. The van der Waals surface area contributed by atoms with Crippen molar-refractivity contribution >= 4 is 11.6 Å². The number of hydrogen-bond acceptors (Lipinski definition) is 3. The molecule has 1 N–H and O–H groups in total. The van der Waals surface area contributed by atoms with Crippen LogP contribution in [0.4, 0.5) is 0 Å². The fourth-order valence-electron chi connectivity index (χ4n) is 1.80. The van der Waals surface area contributed by atoms with E-state index in [1.807, 2.05) is 13.8 Å². The first kappa shape index (κ1) is 12.2. The first-order chi connectivity index (χ1) is 8.13. The number of aliphatic hydroxyl groups is 1. The first-order valence-electron chi connectivity index (χ1n) is 5.57. The third-order valence-corrected chi connectivity index (χ3v) is 2.89. The number of halogens is 1. The second-order valence-corrected chi connectivity index (χ2v) is 4.40. The monoisotopic (exact) mass is 254 g/mol. The number of hydrogen-bond donors (Lipinski definition) is 1. The molecule has 0 saturated heterocycles. The van der Waals surface area contributed by atoms with Crippen LogP contribution in [-0.4, -0.2) is 14.9 Å². The van der Waals surface area contributed by atoms with Crippen molar-refractivity contribution < 1.29 is 9.52 Å². The summed E-state index contributed by atoms with van der Waals surface area (Å²) in [4.78, 5) is 0. The molecule has 0 spiro atoms. The lowest BCUT2D eigenvalue weighted by Gasteiger charge is -2.11. The molecule has 0 radical (unpaired) electrons. The van der Waals surface area contributed by atoms with E-state index in [9.17, 15) is 5.11 Å². The number of aromatic nitrogens is 2. The molecule has 0 aliphatic heterocycles. The lowest BCUT2D eigenvalue weighted by Crippen LogP contribution is -2.10. The van der Waals surface area contributed by atoms with Gasteiger partial charge in [-0.05, 0) is 19.4 Å².